The fourth-order valence-corrected chi connectivity index (χ4v) is 2.85. The maximum atomic E-state index is 9.46. The third-order valence-electron chi connectivity index (χ3n) is 4.06. The molecule has 0 aliphatic heterocycles. The number of likely N-dealkylation sites (N-methyl/N-ethyl adjacent to an activating group) is 1. The zero-order chi connectivity index (χ0) is 12.1. The minimum Gasteiger partial charge on any atom is -0.375 e. The molecule has 2 saturated carbocycles. The van der Waals surface area contributed by atoms with Crippen molar-refractivity contribution < 1.29 is 4.74 Å². The standard InChI is InChI=1S/C14H24N2O/c1-2-16-14(10-15,12-8-9-12)11-17-13-6-4-3-5-7-13/h12-13,16H,2-9,11H2,1H3. The van der Waals surface area contributed by atoms with Crippen LogP contribution in [0.5, 0.6) is 0 Å². The zero-order valence-electron chi connectivity index (χ0n) is 10.9. The Balaban J connectivity index is 1.86. The Bertz CT molecular complexity index is 276. The van der Waals surface area contributed by atoms with E-state index >= 15 is 0 Å². The van der Waals surface area contributed by atoms with E-state index in [4.69, 9.17) is 4.74 Å². The lowest BCUT2D eigenvalue weighted by Gasteiger charge is -2.31. The van der Waals surface area contributed by atoms with Crippen LogP contribution in [-0.4, -0.2) is 24.8 Å². The van der Waals surface area contributed by atoms with Gasteiger partial charge in [0.05, 0.1) is 18.8 Å². The molecular weight excluding hydrogens is 212 g/mol. The van der Waals surface area contributed by atoms with Crippen molar-refractivity contribution in [2.24, 2.45) is 5.92 Å². The van der Waals surface area contributed by atoms with Crippen molar-refractivity contribution in [2.45, 2.75) is 63.5 Å². The first-order valence-corrected chi connectivity index (χ1v) is 7.08. The molecule has 3 heteroatoms. The number of nitrogens with one attached hydrogen (secondary N) is 1. The van der Waals surface area contributed by atoms with Gasteiger partial charge < -0.3 is 4.74 Å². The molecule has 0 amide bonds. The van der Waals surface area contributed by atoms with Crippen LogP contribution in [0.4, 0.5) is 0 Å². The summed E-state index contributed by atoms with van der Waals surface area (Å²) in [5.41, 5.74) is -0.411. The Morgan fingerprint density at radius 1 is 1.24 bits per heavy atom. The Kier molecular flexibility index (Phi) is 4.42. The summed E-state index contributed by atoms with van der Waals surface area (Å²) in [7, 11) is 0. The molecule has 1 atom stereocenters. The van der Waals surface area contributed by atoms with E-state index in [1.54, 1.807) is 0 Å². The smallest absolute Gasteiger partial charge is 0.133 e. The van der Waals surface area contributed by atoms with Gasteiger partial charge in [-0.15, -0.1) is 0 Å². The molecule has 2 fully saturated rings. The number of nitriles is 1. The average Bonchev–Trinajstić information content (AvgIpc) is 3.20. The molecular formula is C14H24N2O. The predicted molar refractivity (Wildman–Crippen MR) is 67.6 cm³/mol. The molecule has 1 N–H and O–H groups in total. The molecule has 2 aliphatic carbocycles. The zero-order valence-corrected chi connectivity index (χ0v) is 10.9. The van der Waals surface area contributed by atoms with E-state index in [2.05, 4.69) is 18.3 Å². The second-order valence-electron chi connectivity index (χ2n) is 5.46. The average molecular weight is 236 g/mol. The highest BCUT2D eigenvalue weighted by molar-refractivity contribution is 5.15. The van der Waals surface area contributed by atoms with Gasteiger partial charge >= 0.3 is 0 Å². The van der Waals surface area contributed by atoms with E-state index in [1.807, 2.05) is 0 Å². The molecule has 96 valence electrons. The molecule has 0 aromatic carbocycles. The van der Waals surface area contributed by atoms with E-state index < -0.39 is 5.54 Å². The highest BCUT2D eigenvalue weighted by atomic mass is 16.5. The third-order valence-corrected chi connectivity index (χ3v) is 4.06. The van der Waals surface area contributed by atoms with Crippen LogP contribution in [0.3, 0.4) is 0 Å². The molecule has 0 radical (unpaired) electrons. The summed E-state index contributed by atoms with van der Waals surface area (Å²) in [6.45, 7) is 3.49. The Morgan fingerprint density at radius 2 is 1.94 bits per heavy atom. The number of ether oxygens (including phenoxy) is 1. The second kappa shape index (κ2) is 5.84. The predicted octanol–water partition coefficient (Wildman–Crippen LogP) is 2.62. The van der Waals surface area contributed by atoms with Crippen LogP contribution < -0.4 is 5.32 Å². The van der Waals surface area contributed by atoms with E-state index in [0.717, 1.165) is 6.54 Å². The van der Waals surface area contributed by atoms with E-state index in [9.17, 15) is 5.26 Å². The van der Waals surface area contributed by atoms with Gasteiger partial charge in [0.2, 0.25) is 0 Å². The van der Waals surface area contributed by atoms with Crippen LogP contribution in [0.15, 0.2) is 0 Å². The molecule has 2 rings (SSSR count). The van der Waals surface area contributed by atoms with Crippen molar-refractivity contribution in [1.82, 2.24) is 5.32 Å². The minimum atomic E-state index is -0.411. The van der Waals surface area contributed by atoms with Crippen LogP contribution in [-0.2, 0) is 4.74 Å². The lowest BCUT2D eigenvalue weighted by atomic mass is 9.94. The maximum Gasteiger partial charge on any atom is 0.133 e. The highest BCUT2D eigenvalue weighted by Crippen LogP contribution is 2.40. The van der Waals surface area contributed by atoms with Crippen molar-refractivity contribution in [2.75, 3.05) is 13.2 Å². The summed E-state index contributed by atoms with van der Waals surface area (Å²) in [5, 5.41) is 12.8. The van der Waals surface area contributed by atoms with Crippen LogP contribution in [0.25, 0.3) is 0 Å². The fourth-order valence-electron chi connectivity index (χ4n) is 2.85. The Hall–Kier alpha value is -0.590. The Morgan fingerprint density at radius 3 is 2.47 bits per heavy atom. The van der Waals surface area contributed by atoms with Gasteiger partial charge in [-0.1, -0.05) is 26.2 Å². The first-order chi connectivity index (χ1) is 8.30. The monoisotopic (exact) mass is 236 g/mol. The van der Waals surface area contributed by atoms with Crippen molar-refractivity contribution in [1.29, 1.82) is 5.26 Å². The number of hydrogen-bond acceptors (Lipinski definition) is 3. The number of nitrogens with zero attached hydrogens (tertiary/aromatic N) is 1. The summed E-state index contributed by atoms with van der Waals surface area (Å²) in [6, 6.07) is 2.48. The number of hydrogen-bond donors (Lipinski definition) is 1. The van der Waals surface area contributed by atoms with Gasteiger partial charge in [0, 0.05) is 0 Å². The van der Waals surface area contributed by atoms with Crippen molar-refractivity contribution in [3.8, 4) is 6.07 Å². The molecule has 17 heavy (non-hydrogen) atoms. The molecule has 0 aromatic heterocycles. The second-order valence-corrected chi connectivity index (χ2v) is 5.46. The van der Waals surface area contributed by atoms with E-state index in [0.29, 0.717) is 18.6 Å². The quantitative estimate of drug-likeness (QED) is 0.771. The molecule has 0 saturated heterocycles. The number of rotatable bonds is 6. The normalized spacial score (nSPS) is 25.2. The fraction of sp³-hybridized carbons (Fsp3) is 0.929. The summed E-state index contributed by atoms with van der Waals surface area (Å²) in [6.07, 6.45) is 9.02. The van der Waals surface area contributed by atoms with Crippen LogP contribution >= 0.6 is 0 Å². The van der Waals surface area contributed by atoms with Gasteiger partial charge in [0.1, 0.15) is 5.54 Å². The van der Waals surface area contributed by atoms with Gasteiger partial charge in [-0.05, 0) is 38.1 Å². The van der Waals surface area contributed by atoms with Crippen LogP contribution in [0.2, 0.25) is 0 Å². The largest absolute Gasteiger partial charge is 0.375 e. The maximum absolute atomic E-state index is 9.46. The van der Waals surface area contributed by atoms with E-state index in [1.165, 1.54) is 44.9 Å². The van der Waals surface area contributed by atoms with Crippen LogP contribution in [0.1, 0.15) is 51.9 Å². The molecule has 2 aliphatic rings. The van der Waals surface area contributed by atoms with Gasteiger partial charge in [-0.3, -0.25) is 5.32 Å². The molecule has 0 aromatic rings. The van der Waals surface area contributed by atoms with Crippen molar-refractivity contribution >= 4 is 0 Å². The summed E-state index contributed by atoms with van der Waals surface area (Å²) < 4.78 is 6.01. The third kappa shape index (κ3) is 3.20. The van der Waals surface area contributed by atoms with Gasteiger partial charge in [-0.25, -0.2) is 0 Å². The summed E-state index contributed by atoms with van der Waals surface area (Å²) in [4.78, 5) is 0. The first kappa shape index (κ1) is 12.9. The summed E-state index contributed by atoms with van der Waals surface area (Å²) in [5.74, 6) is 0.510. The van der Waals surface area contributed by atoms with Crippen molar-refractivity contribution in [3.63, 3.8) is 0 Å². The molecule has 0 spiro atoms. The van der Waals surface area contributed by atoms with Crippen molar-refractivity contribution in [3.05, 3.63) is 0 Å². The SMILES string of the molecule is CCNC(C#N)(COC1CCCCC1)C1CC1. The molecule has 3 nitrogen and oxygen atoms in total. The topological polar surface area (TPSA) is 45.0 Å². The Labute approximate surface area is 105 Å². The lowest BCUT2D eigenvalue weighted by molar-refractivity contribution is -0.00113. The van der Waals surface area contributed by atoms with E-state index in [-0.39, 0.29) is 0 Å². The molecule has 1 unspecified atom stereocenters. The molecule has 0 bridgehead atoms. The molecule has 0 heterocycles. The lowest BCUT2D eigenvalue weighted by Crippen LogP contribution is -2.50. The first-order valence-electron chi connectivity index (χ1n) is 7.08. The van der Waals surface area contributed by atoms with Gasteiger partial charge in [0.15, 0.2) is 0 Å². The summed E-state index contributed by atoms with van der Waals surface area (Å²) >= 11 is 0. The highest BCUT2D eigenvalue weighted by Gasteiger charge is 2.45. The minimum absolute atomic E-state index is 0.397. The van der Waals surface area contributed by atoms with Gasteiger partial charge in [-0.2, -0.15) is 5.26 Å². The van der Waals surface area contributed by atoms with Gasteiger partial charge in [0.25, 0.3) is 0 Å². The van der Waals surface area contributed by atoms with Crippen LogP contribution in [0, 0.1) is 17.2 Å².